The van der Waals surface area contributed by atoms with E-state index in [0.717, 1.165) is 27.8 Å². The normalized spacial score (nSPS) is 10.7. The molecule has 0 aliphatic rings. The molecule has 0 saturated carbocycles. The molecule has 3 rings (SSSR count). The first-order valence-corrected chi connectivity index (χ1v) is 10.6. The van der Waals surface area contributed by atoms with Crippen LogP contribution in [0, 0.1) is 0 Å². The van der Waals surface area contributed by atoms with E-state index < -0.39 is 5.97 Å². The molecule has 0 aliphatic carbocycles. The summed E-state index contributed by atoms with van der Waals surface area (Å²) in [6, 6.07) is 16.7. The molecule has 0 aliphatic heterocycles. The fourth-order valence-electron chi connectivity index (χ4n) is 3.11. The van der Waals surface area contributed by atoms with E-state index in [0.29, 0.717) is 12.1 Å². The van der Waals surface area contributed by atoms with Crippen LogP contribution in [0.2, 0.25) is 0 Å². The molecule has 0 atom stereocenters. The van der Waals surface area contributed by atoms with Crippen LogP contribution in [0.15, 0.2) is 59.1 Å². The van der Waals surface area contributed by atoms with Gasteiger partial charge in [0.2, 0.25) is 0 Å². The number of benzene rings is 2. The summed E-state index contributed by atoms with van der Waals surface area (Å²) in [6.45, 7) is 4.78. The van der Waals surface area contributed by atoms with Gasteiger partial charge in [0.1, 0.15) is 0 Å². The van der Waals surface area contributed by atoms with E-state index in [1.807, 2.05) is 43.3 Å². The molecule has 0 unspecified atom stereocenters. The lowest BCUT2D eigenvalue weighted by Crippen LogP contribution is -2.27. The number of aromatic nitrogens is 2. The summed E-state index contributed by atoms with van der Waals surface area (Å²) in [5, 5.41) is 4.47. The molecule has 3 aromatic rings. The first-order valence-electron chi connectivity index (χ1n) is 9.83. The van der Waals surface area contributed by atoms with Crippen molar-refractivity contribution in [2.45, 2.75) is 20.3 Å². The molecule has 0 saturated heterocycles. The van der Waals surface area contributed by atoms with E-state index in [1.165, 1.54) is 0 Å². The number of hydrogen-bond donors (Lipinski definition) is 0. The van der Waals surface area contributed by atoms with E-state index in [4.69, 9.17) is 4.74 Å². The van der Waals surface area contributed by atoms with Crippen molar-refractivity contribution in [2.75, 3.05) is 20.2 Å². The fraction of sp³-hybridized carbons (Fsp3) is 0.261. The van der Waals surface area contributed by atoms with Gasteiger partial charge in [0, 0.05) is 29.2 Å². The van der Waals surface area contributed by atoms with Crippen molar-refractivity contribution in [3.8, 4) is 16.9 Å². The van der Waals surface area contributed by atoms with E-state index in [9.17, 15) is 9.59 Å². The minimum Gasteiger partial charge on any atom is -0.461 e. The van der Waals surface area contributed by atoms with Gasteiger partial charge in [-0.05, 0) is 55.8 Å². The Labute approximate surface area is 184 Å². The number of rotatable bonds is 7. The number of carbonyl (C=O) groups is 2. The Morgan fingerprint density at radius 2 is 1.73 bits per heavy atom. The number of halogens is 1. The maximum absolute atomic E-state index is 12.5. The number of nitrogens with zero attached hydrogens (tertiary/aromatic N) is 3. The smallest absolute Gasteiger partial charge is 0.358 e. The molecular weight excluding hydrogens is 446 g/mol. The molecule has 1 amide bonds. The summed E-state index contributed by atoms with van der Waals surface area (Å²) in [6.07, 6.45) is 0.904. The van der Waals surface area contributed by atoms with Crippen molar-refractivity contribution in [1.29, 1.82) is 0 Å². The Morgan fingerprint density at radius 3 is 2.33 bits per heavy atom. The van der Waals surface area contributed by atoms with E-state index >= 15 is 0 Å². The van der Waals surface area contributed by atoms with Crippen LogP contribution in [0.4, 0.5) is 0 Å². The molecule has 156 valence electrons. The lowest BCUT2D eigenvalue weighted by Gasteiger charge is -2.16. The van der Waals surface area contributed by atoms with Crippen LogP contribution >= 0.6 is 15.9 Å². The number of amides is 1. The first-order chi connectivity index (χ1) is 14.4. The summed E-state index contributed by atoms with van der Waals surface area (Å²) >= 11 is 3.44. The van der Waals surface area contributed by atoms with Crippen molar-refractivity contribution in [2.24, 2.45) is 0 Å². The largest absolute Gasteiger partial charge is 0.461 e. The second kappa shape index (κ2) is 9.71. The fourth-order valence-corrected chi connectivity index (χ4v) is 3.38. The second-order valence-corrected chi connectivity index (χ2v) is 7.74. The zero-order valence-corrected chi connectivity index (χ0v) is 18.8. The third kappa shape index (κ3) is 4.79. The number of hydrogen-bond acceptors (Lipinski definition) is 4. The maximum atomic E-state index is 12.5. The van der Waals surface area contributed by atoms with Crippen LogP contribution in [-0.2, 0) is 4.74 Å². The van der Waals surface area contributed by atoms with Gasteiger partial charge in [-0.1, -0.05) is 35.0 Å². The predicted octanol–water partition coefficient (Wildman–Crippen LogP) is 4.96. The van der Waals surface area contributed by atoms with Crippen molar-refractivity contribution >= 4 is 27.8 Å². The molecule has 0 spiro atoms. The van der Waals surface area contributed by atoms with Crippen molar-refractivity contribution < 1.29 is 14.3 Å². The molecule has 1 aromatic heterocycles. The Hall–Kier alpha value is -2.93. The molecule has 0 fully saturated rings. The summed E-state index contributed by atoms with van der Waals surface area (Å²) in [5.41, 5.74) is 3.25. The molecule has 0 bridgehead atoms. The van der Waals surface area contributed by atoms with Gasteiger partial charge in [-0.3, -0.25) is 4.79 Å². The van der Waals surface area contributed by atoms with Gasteiger partial charge >= 0.3 is 5.97 Å². The van der Waals surface area contributed by atoms with Gasteiger partial charge in [-0.15, -0.1) is 0 Å². The highest BCUT2D eigenvalue weighted by molar-refractivity contribution is 9.10. The standard InChI is InChI=1S/C23H24BrN3O3/c1-4-14-26(3)22(28)17-8-12-19(13-9-17)27-21(16-6-10-18(24)11-7-16)15-20(25-27)23(29)30-5-2/h6-13,15H,4-5,14H2,1-3H3. The van der Waals surface area contributed by atoms with Gasteiger partial charge in [-0.25, -0.2) is 9.48 Å². The van der Waals surface area contributed by atoms with Crippen molar-refractivity contribution in [3.05, 3.63) is 70.3 Å². The van der Waals surface area contributed by atoms with Crippen molar-refractivity contribution in [1.82, 2.24) is 14.7 Å². The molecule has 1 heterocycles. The van der Waals surface area contributed by atoms with E-state index in [2.05, 4.69) is 21.0 Å². The molecular formula is C23H24BrN3O3. The minimum absolute atomic E-state index is 0.0239. The molecule has 0 radical (unpaired) electrons. The number of carbonyl (C=O) groups excluding carboxylic acids is 2. The zero-order valence-electron chi connectivity index (χ0n) is 17.3. The highest BCUT2D eigenvalue weighted by Gasteiger charge is 2.18. The predicted molar refractivity (Wildman–Crippen MR) is 120 cm³/mol. The average molecular weight is 470 g/mol. The minimum atomic E-state index is -0.470. The zero-order chi connectivity index (χ0) is 21.7. The van der Waals surface area contributed by atoms with E-state index in [1.54, 1.807) is 41.8 Å². The summed E-state index contributed by atoms with van der Waals surface area (Å²) in [5.74, 6) is -0.494. The Morgan fingerprint density at radius 1 is 1.07 bits per heavy atom. The lowest BCUT2D eigenvalue weighted by atomic mass is 10.1. The second-order valence-electron chi connectivity index (χ2n) is 6.83. The average Bonchev–Trinajstić information content (AvgIpc) is 3.20. The van der Waals surface area contributed by atoms with Gasteiger partial charge in [-0.2, -0.15) is 5.10 Å². The molecule has 30 heavy (non-hydrogen) atoms. The Balaban J connectivity index is 2.00. The SMILES string of the molecule is CCCN(C)C(=O)c1ccc(-n2nc(C(=O)OCC)cc2-c2ccc(Br)cc2)cc1. The quantitative estimate of drug-likeness (QED) is 0.458. The highest BCUT2D eigenvalue weighted by atomic mass is 79.9. The molecule has 2 aromatic carbocycles. The molecule has 6 nitrogen and oxygen atoms in total. The van der Waals surface area contributed by atoms with Gasteiger partial charge in [0.05, 0.1) is 18.0 Å². The Kier molecular flexibility index (Phi) is 7.05. The number of ether oxygens (including phenoxy) is 1. The molecule has 7 heteroatoms. The van der Waals surface area contributed by atoms with Crippen LogP contribution in [0.1, 0.15) is 41.1 Å². The monoisotopic (exact) mass is 469 g/mol. The topological polar surface area (TPSA) is 64.4 Å². The Bertz CT molecular complexity index is 1030. The first kappa shape index (κ1) is 21.8. The van der Waals surface area contributed by atoms with Crippen molar-refractivity contribution in [3.63, 3.8) is 0 Å². The maximum Gasteiger partial charge on any atom is 0.358 e. The van der Waals surface area contributed by atoms with Gasteiger partial charge in [0.25, 0.3) is 5.91 Å². The third-order valence-electron chi connectivity index (χ3n) is 4.60. The van der Waals surface area contributed by atoms with Gasteiger partial charge in [0.15, 0.2) is 5.69 Å². The lowest BCUT2D eigenvalue weighted by molar-refractivity contribution is 0.0518. The summed E-state index contributed by atoms with van der Waals surface area (Å²) in [4.78, 5) is 26.5. The number of esters is 1. The summed E-state index contributed by atoms with van der Waals surface area (Å²) in [7, 11) is 1.80. The van der Waals surface area contributed by atoms with Crippen LogP contribution in [0.5, 0.6) is 0 Å². The van der Waals surface area contributed by atoms with Crippen LogP contribution in [0.25, 0.3) is 16.9 Å². The highest BCUT2D eigenvalue weighted by Crippen LogP contribution is 2.26. The van der Waals surface area contributed by atoms with Gasteiger partial charge < -0.3 is 9.64 Å². The molecule has 0 N–H and O–H groups in total. The summed E-state index contributed by atoms with van der Waals surface area (Å²) < 4.78 is 7.77. The van der Waals surface area contributed by atoms with Crippen LogP contribution in [-0.4, -0.2) is 46.8 Å². The van der Waals surface area contributed by atoms with E-state index in [-0.39, 0.29) is 18.2 Å². The van der Waals surface area contributed by atoms with Crippen LogP contribution < -0.4 is 0 Å². The van der Waals surface area contributed by atoms with Crippen LogP contribution in [0.3, 0.4) is 0 Å². The third-order valence-corrected chi connectivity index (χ3v) is 5.13.